The van der Waals surface area contributed by atoms with Crippen molar-refractivity contribution in [3.8, 4) is 5.75 Å². The highest BCUT2D eigenvalue weighted by molar-refractivity contribution is 7.92. The summed E-state index contributed by atoms with van der Waals surface area (Å²) >= 11 is 0. The first-order valence-corrected chi connectivity index (χ1v) is 13.2. The summed E-state index contributed by atoms with van der Waals surface area (Å²) in [6.45, 7) is 3.08. The van der Waals surface area contributed by atoms with E-state index in [9.17, 15) is 21.6 Å². The van der Waals surface area contributed by atoms with E-state index in [1.807, 2.05) is 29.9 Å². The zero-order valence-electron chi connectivity index (χ0n) is 20.4. The van der Waals surface area contributed by atoms with Gasteiger partial charge >= 0.3 is 5.51 Å². The lowest BCUT2D eigenvalue weighted by Crippen LogP contribution is -2.23. The van der Waals surface area contributed by atoms with Crippen LogP contribution in [-0.4, -0.2) is 33.9 Å². The number of rotatable bonds is 11. The Balaban J connectivity index is 1.27. The van der Waals surface area contributed by atoms with E-state index in [0.717, 1.165) is 43.5 Å². The van der Waals surface area contributed by atoms with Gasteiger partial charge in [-0.2, -0.15) is 13.2 Å². The van der Waals surface area contributed by atoms with Gasteiger partial charge in [-0.1, -0.05) is 23.4 Å². The van der Waals surface area contributed by atoms with Crippen molar-refractivity contribution in [2.75, 3.05) is 0 Å². The van der Waals surface area contributed by atoms with Gasteiger partial charge < -0.3 is 9.15 Å². The maximum absolute atomic E-state index is 12.7. The lowest BCUT2D eigenvalue weighted by atomic mass is 10.0. The van der Waals surface area contributed by atoms with Crippen LogP contribution in [0.5, 0.6) is 5.75 Å². The molecule has 0 saturated heterocycles. The number of nitrogens with zero attached hydrogens (tertiary/aromatic N) is 4. The summed E-state index contributed by atoms with van der Waals surface area (Å²) < 4.78 is 73.9. The van der Waals surface area contributed by atoms with Gasteiger partial charge in [0.05, 0.1) is 11.1 Å². The molecule has 0 atom stereocenters. The minimum atomic E-state index is -5.38. The first-order valence-electron chi connectivity index (χ1n) is 11.7. The summed E-state index contributed by atoms with van der Waals surface area (Å²) in [4.78, 5) is 3.49. The molecule has 2 aromatic heterocycles. The fourth-order valence-electron chi connectivity index (χ4n) is 3.66. The first kappa shape index (κ1) is 27.1. The van der Waals surface area contributed by atoms with E-state index in [4.69, 9.17) is 9.15 Å². The number of aryl methyl sites for hydroxylation is 3. The van der Waals surface area contributed by atoms with Crippen LogP contribution in [0, 0.1) is 6.92 Å². The molecule has 0 saturated carbocycles. The van der Waals surface area contributed by atoms with Gasteiger partial charge in [0.15, 0.2) is 0 Å². The van der Waals surface area contributed by atoms with Gasteiger partial charge in [-0.3, -0.25) is 4.68 Å². The van der Waals surface area contributed by atoms with Crippen LogP contribution in [-0.2, 0) is 29.4 Å². The quantitative estimate of drug-likeness (QED) is 0.225. The van der Waals surface area contributed by atoms with Gasteiger partial charge in [0.25, 0.3) is 9.84 Å². The Labute approximate surface area is 217 Å². The molecule has 0 radical (unpaired) electrons. The second-order valence-corrected chi connectivity index (χ2v) is 10.5. The normalized spacial score (nSPS) is 12.3. The molecule has 4 rings (SSSR count). The highest BCUT2D eigenvalue weighted by Gasteiger charge is 2.46. The third-order valence-corrected chi connectivity index (χ3v) is 7.24. The van der Waals surface area contributed by atoms with Crippen molar-refractivity contribution in [1.29, 1.82) is 0 Å². The Hall–Kier alpha value is -3.93. The molecule has 2 aromatic carbocycles. The third-order valence-electron chi connectivity index (χ3n) is 5.74. The Morgan fingerprint density at radius 1 is 1.08 bits per heavy atom. The van der Waals surface area contributed by atoms with E-state index in [-0.39, 0.29) is 12.5 Å². The molecule has 0 N–H and O–H groups in total. The van der Waals surface area contributed by atoms with Gasteiger partial charge in [-0.25, -0.2) is 13.4 Å². The molecule has 0 bridgehead atoms. The number of halogens is 3. The van der Waals surface area contributed by atoms with Gasteiger partial charge in [0.2, 0.25) is 5.89 Å². The van der Waals surface area contributed by atoms with E-state index in [2.05, 4.69) is 21.4 Å². The average molecular weight is 547 g/mol. The molecule has 0 aliphatic rings. The minimum absolute atomic E-state index is 0.192. The lowest BCUT2D eigenvalue weighted by Gasteiger charge is -2.09. The molecule has 0 aliphatic carbocycles. The molecule has 12 heteroatoms. The fraction of sp³-hybridized carbons (Fsp3) is 0.269. The summed E-state index contributed by atoms with van der Waals surface area (Å²) in [6, 6.07) is 10.3. The molecule has 200 valence electrons. The minimum Gasteiger partial charge on any atom is -0.487 e. The summed E-state index contributed by atoms with van der Waals surface area (Å²) in [5, 5.41) is 7.76. The summed E-state index contributed by atoms with van der Waals surface area (Å²) in [5.74, 6) is 0.982. The largest absolute Gasteiger partial charge is 0.501 e. The van der Waals surface area contributed by atoms with Crippen LogP contribution in [0.25, 0.3) is 12.2 Å². The van der Waals surface area contributed by atoms with Crippen molar-refractivity contribution in [3.63, 3.8) is 0 Å². The average Bonchev–Trinajstić information content (AvgIpc) is 3.57. The molecular formula is C26H25F3N4O4S. The van der Waals surface area contributed by atoms with Gasteiger partial charge in [0.1, 0.15) is 24.3 Å². The summed E-state index contributed by atoms with van der Waals surface area (Å²) in [7, 11) is -5.38. The molecule has 38 heavy (non-hydrogen) atoms. The fourth-order valence-corrected chi connectivity index (χ4v) is 4.42. The van der Waals surface area contributed by atoms with E-state index in [0.29, 0.717) is 17.0 Å². The monoisotopic (exact) mass is 546 g/mol. The zero-order chi connectivity index (χ0) is 27.2. The van der Waals surface area contributed by atoms with Crippen LogP contribution in [0.2, 0.25) is 0 Å². The maximum Gasteiger partial charge on any atom is 0.501 e. The van der Waals surface area contributed by atoms with Crippen LogP contribution in [0.4, 0.5) is 13.2 Å². The Bertz CT molecular complexity index is 1480. The predicted octanol–water partition coefficient (Wildman–Crippen LogP) is 5.64. The summed E-state index contributed by atoms with van der Waals surface area (Å²) in [6.07, 6.45) is 11.1. The topological polar surface area (TPSA) is 100 Å². The number of ether oxygens (including phenoxy) is 1. The van der Waals surface area contributed by atoms with Gasteiger partial charge in [-0.05, 0) is 73.2 Å². The van der Waals surface area contributed by atoms with Crippen molar-refractivity contribution < 1.29 is 30.7 Å². The number of oxazole rings is 1. The van der Waals surface area contributed by atoms with E-state index < -0.39 is 20.2 Å². The second-order valence-electron chi connectivity index (χ2n) is 8.53. The van der Waals surface area contributed by atoms with Gasteiger partial charge in [0, 0.05) is 18.8 Å². The lowest BCUT2D eigenvalue weighted by molar-refractivity contribution is -0.0436. The molecule has 0 fully saturated rings. The number of aromatic nitrogens is 4. The zero-order valence-corrected chi connectivity index (χ0v) is 21.2. The SMILES string of the molecule is Cc1cc(OCc2coc(C=Cc3ccc(S(=O)(=O)C(F)(F)F)cc3)n2)ccc1CCCCn1ccnn1. The molecule has 8 nitrogen and oxygen atoms in total. The van der Waals surface area contributed by atoms with Crippen molar-refractivity contribution in [2.45, 2.75) is 49.7 Å². The third kappa shape index (κ3) is 6.88. The maximum atomic E-state index is 12.7. The highest BCUT2D eigenvalue weighted by atomic mass is 32.2. The Morgan fingerprint density at radius 3 is 2.55 bits per heavy atom. The molecule has 4 aromatic rings. The molecule has 0 aliphatic heterocycles. The van der Waals surface area contributed by atoms with E-state index in [1.165, 1.54) is 30.0 Å². The number of hydrogen-bond donors (Lipinski definition) is 0. The van der Waals surface area contributed by atoms with Crippen LogP contribution in [0.1, 0.15) is 41.1 Å². The number of benzene rings is 2. The molecule has 0 unspecified atom stereocenters. The van der Waals surface area contributed by atoms with Crippen LogP contribution >= 0.6 is 0 Å². The number of sulfone groups is 1. The molecular weight excluding hydrogens is 521 g/mol. The number of unbranched alkanes of at least 4 members (excludes halogenated alkanes) is 1. The number of alkyl halides is 3. The van der Waals surface area contributed by atoms with Crippen molar-refractivity contribution in [1.82, 2.24) is 20.0 Å². The predicted molar refractivity (Wildman–Crippen MR) is 134 cm³/mol. The number of hydrogen-bond acceptors (Lipinski definition) is 7. The van der Waals surface area contributed by atoms with Crippen molar-refractivity contribution in [3.05, 3.63) is 89.4 Å². The van der Waals surface area contributed by atoms with Crippen LogP contribution in [0.15, 0.2) is 70.4 Å². The van der Waals surface area contributed by atoms with E-state index >= 15 is 0 Å². The van der Waals surface area contributed by atoms with E-state index in [1.54, 1.807) is 12.3 Å². The standard InChI is InChI=1S/C26H25F3N4O4S/c1-19-16-23(9-8-21(19)4-2-3-14-33-15-13-30-32-33)36-17-22-18-37-25(31-22)12-7-20-5-10-24(11-6-20)38(34,35)26(27,28)29/h5-13,15-16,18H,2-4,14,17H2,1H3. The highest BCUT2D eigenvalue weighted by Crippen LogP contribution is 2.30. The van der Waals surface area contributed by atoms with Crippen molar-refractivity contribution >= 4 is 22.0 Å². The molecule has 2 heterocycles. The smallest absolute Gasteiger partial charge is 0.487 e. The van der Waals surface area contributed by atoms with Crippen molar-refractivity contribution in [2.24, 2.45) is 0 Å². The molecule has 0 amide bonds. The Kier molecular flexibility index (Phi) is 8.30. The summed E-state index contributed by atoms with van der Waals surface area (Å²) in [5.41, 5.74) is -1.90. The molecule has 0 spiro atoms. The van der Waals surface area contributed by atoms with Gasteiger partial charge in [-0.15, -0.1) is 5.10 Å². The van der Waals surface area contributed by atoms with Crippen LogP contribution in [0.3, 0.4) is 0 Å². The Morgan fingerprint density at radius 2 is 1.87 bits per heavy atom. The first-order chi connectivity index (χ1) is 18.1. The second kappa shape index (κ2) is 11.6. The van der Waals surface area contributed by atoms with Crippen LogP contribution < -0.4 is 4.74 Å².